The summed E-state index contributed by atoms with van der Waals surface area (Å²) in [6, 6.07) is 6.95. The van der Waals surface area contributed by atoms with Crippen LogP contribution in [0.4, 0.5) is 5.69 Å². The molecule has 2 rings (SSSR count). The van der Waals surface area contributed by atoms with E-state index in [1.807, 2.05) is 18.2 Å². The van der Waals surface area contributed by atoms with Gasteiger partial charge in [0.1, 0.15) is 17.1 Å². The number of hydrogen-bond donors (Lipinski definition) is 2. The molecule has 0 saturated carbocycles. The molecule has 0 aliphatic heterocycles. The Morgan fingerprint density at radius 3 is 2.95 bits per heavy atom. The van der Waals surface area contributed by atoms with E-state index in [0.717, 1.165) is 10.2 Å². The number of nitrogens with one attached hydrogen (secondary N) is 1. The topological polar surface area (TPSA) is 71.7 Å². The summed E-state index contributed by atoms with van der Waals surface area (Å²) in [6.07, 6.45) is 1.36. The van der Waals surface area contributed by atoms with Gasteiger partial charge >= 0.3 is 5.97 Å². The molecule has 19 heavy (non-hydrogen) atoms. The van der Waals surface area contributed by atoms with Crippen molar-refractivity contribution in [2.24, 2.45) is 0 Å². The van der Waals surface area contributed by atoms with Crippen molar-refractivity contribution in [1.29, 1.82) is 0 Å². The molecule has 6 heteroatoms. The quantitative estimate of drug-likeness (QED) is 0.881. The lowest BCUT2D eigenvalue weighted by atomic mass is 10.2. The molecule has 0 radical (unpaired) electrons. The number of hydrogen-bond acceptors (Lipinski definition) is 4. The molecule has 5 nitrogen and oxygen atoms in total. The van der Waals surface area contributed by atoms with Gasteiger partial charge in [0.05, 0.1) is 19.9 Å². The van der Waals surface area contributed by atoms with Crippen LogP contribution in [0.25, 0.3) is 0 Å². The van der Waals surface area contributed by atoms with Crippen LogP contribution in [0.15, 0.2) is 39.4 Å². The van der Waals surface area contributed by atoms with Crippen LogP contribution in [-0.2, 0) is 6.54 Å². The monoisotopic (exact) mass is 325 g/mol. The summed E-state index contributed by atoms with van der Waals surface area (Å²) < 4.78 is 11.2. The average molecular weight is 326 g/mol. The van der Waals surface area contributed by atoms with Gasteiger partial charge in [-0.3, -0.25) is 0 Å². The molecule has 0 bridgehead atoms. The van der Waals surface area contributed by atoms with E-state index in [-0.39, 0.29) is 12.1 Å². The highest BCUT2D eigenvalue weighted by Gasteiger charge is 2.12. The van der Waals surface area contributed by atoms with Crippen molar-refractivity contribution < 1.29 is 19.1 Å². The molecule has 100 valence electrons. The summed E-state index contributed by atoms with van der Waals surface area (Å²) in [5.41, 5.74) is 0.966. The lowest BCUT2D eigenvalue weighted by Crippen LogP contribution is -2.04. The maximum atomic E-state index is 10.9. The Labute approximate surface area is 118 Å². The van der Waals surface area contributed by atoms with Crippen LogP contribution in [0, 0.1) is 0 Å². The molecule has 2 aromatic rings. The van der Waals surface area contributed by atoms with Crippen LogP contribution in [0.3, 0.4) is 0 Å². The molecule has 0 aliphatic rings. The predicted octanol–water partition coefficient (Wildman–Crippen LogP) is 3.36. The van der Waals surface area contributed by atoms with Crippen molar-refractivity contribution in [3.63, 3.8) is 0 Å². The van der Waals surface area contributed by atoms with E-state index in [1.165, 1.54) is 12.3 Å². The summed E-state index contributed by atoms with van der Waals surface area (Å²) in [5.74, 6) is 0.0820. The zero-order valence-electron chi connectivity index (χ0n) is 10.1. The van der Waals surface area contributed by atoms with Crippen LogP contribution in [0.1, 0.15) is 16.1 Å². The van der Waals surface area contributed by atoms with Gasteiger partial charge in [-0.05, 0) is 18.2 Å². The first-order valence-electron chi connectivity index (χ1n) is 5.48. The van der Waals surface area contributed by atoms with Crippen molar-refractivity contribution in [1.82, 2.24) is 0 Å². The van der Waals surface area contributed by atoms with Gasteiger partial charge in [-0.1, -0.05) is 15.9 Å². The number of carboxylic acid groups (broad SMARTS) is 1. The summed E-state index contributed by atoms with van der Waals surface area (Å²) in [5, 5.41) is 12.1. The van der Waals surface area contributed by atoms with Gasteiger partial charge in [0.2, 0.25) is 0 Å². The molecular formula is C13H12BrNO4. The minimum Gasteiger partial charge on any atom is -0.497 e. The molecule has 0 spiro atoms. The Morgan fingerprint density at radius 1 is 1.47 bits per heavy atom. The van der Waals surface area contributed by atoms with Crippen LogP contribution in [-0.4, -0.2) is 18.2 Å². The number of halogens is 1. The Kier molecular flexibility index (Phi) is 4.11. The highest BCUT2D eigenvalue weighted by Crippen LogP contribution is 2.25. The number of methoxy groups -OCH3 is 1. The maximum absolute atomic E-state index is 10.9. The third-order valence-electron chi connectivity index (χ3n) is 2.54. The van der Waals surface area contributed by atoms with Crippen molar-refractivity contribution in [3.8, 4) is 5.75 Å². The van der Waals surface area contributed by atoms with Gasteiger partial charge in [-0.15, -0.1) is 0 Å². The van der Waals surface area contributed by atoms with Crippen molar-refractivity contribution in [2.75, 3.05) is 12.4 Å². The van der Waals surface area contributed by atoms with E-state index in [1.54, 1.807) is 7.11 Å². The van der Waals surface area contributed by atoms with Crippen molar-refractivity contribution >= 4 is 27.6 Å². The molecule has 0 unspecified atom stereocenters. The maximum Gasteiger partial charge on any atom is 0.339 e. The Bertz CT molecular complexity index is 594. The number of anilines is 1. The van der Waals surface area contributed by atoms with Gasteiger partial charge in [-0.25, -0.2) is 4.79 Å². The second kappa shape index (κ2) is 5.79. The molecule has 0 saturated heterocycles. The first kappa shape index (κ1) is 13.5. The third kappa shape index (κ3) is 3.29. The van der Waals surface area contributed by atoms with E-state index in [2.05, 4.69) is 21.2 Å². The van der Waals surface area contributed by atoms with Crippen LogP contribution >= 0.6 is 15.9 Å². The second-order valence-corrected chi connectivity index (χ2v) is 4.71. The summed E-state index contributed by atoms with van der Waals surface area (Å²) in [6.45, 7) is 0.286. The SMILES string of the molecule is COc1cc(Br)cc(NCc2occc2C(=O)O)c1. The molecule has 2 N–H and O–H groups in total. The Morgan fingerprint density at radius 2 is 2.26 bits per heavy atom. The summed E-state index contributed by atoms with van der Waals surface area (Å²) in [7, 11) is 1.58. The number of carboxylic acids is 1. The molecule has 0 atom stereocenters. The van der Waals surface area contributed by atoms with Crippen LogP contribution in [0.5, 0.6) is 5.75 Å². The second-order valence-electron chi connectivity index (χ2n) is 3.80. The highest BCUT2D eigenvalue weighted by atomic mass is 79.9. The van der Waals surface area contributed by atoms with E-state index in [9.17, 15) is 4.79 Å². The van der Waals surface area contributed by atoms with Gasteiger partial charge in [-0.2, -0.15) is 0 Å². The van der Waals surface area contributed by atoms with E-state index >= 15 is 0 Å². The van der Waals surface area contributed by atoms with Crippen molar-refractivity contribution in [3.05, 3.63) is 46.3 Å². The lowest BCUT2D eigenvalue weighted by molar-refractivity contribution is 0.0694. The lowest BCUT2D eigenvalue weighted by Gasteiger charge is -2.08. The molecule has 1 heterocycles. The number of ether oxygens (including phenoxy) is 1. The van der Waals surface area contributed by atoms with E-state index < -0.39 is 5.97 Å². The molecular weight excluding hydrogens is 314 g/mol. The first-order valence-corrected chi connectivity index (χ1v) is 6.27. The van der Waals surface area contributed by atoms with E-state index in [0.29, 0.717) is 11.5 Å². The molecule has 0 amide bonds. The smallest absolute Gasteiger partial charge is 0.339 e. The first-order chi connectivity index (χ1) is 9.10. The fourth-order valence-electron chi connectivity index (χ4n) is 1.63. The molecule has 1 aromatic heterocycles. The zero-order chi connectivity index (χ0) is 13.8. The number of carbonyl (C=O) groups is 1. The number of benzene rings is 1. The molecule has 0 aliphatic carbocycles. The highest BCUT2D eigenvalue weighted by molar-refractivity contribution is 9.10. The van der Waals surface area contributed by atoms with Gasteiger partial charge < -0.3 is 19.6 Å². The van der Waals surface area contributed by atoms with Gasteiger partial charge in [0.15, 0.2) is 0 Å². The fraction of sp³-hybridized carbons (Fsp3) is 0.154. The molecule has 0 fully saturated rings. The fourth-order valence-corrected chi connectivity index (χ4v) is 2.11. The largest absolute Gasteiger partial charge is 0.497 e. The van der Waals surface area contributed by atoms with Crippen molar-refractivity contribution in [2.45, 2.75) is 6.54 Å². The predicted molar refractivity (Wildman–Crippen MR) is 73.7 cm³/mol. The number of aromatic carboxylic acids is 1. The van der Waals surface area contributed by atoms with Crippen LogP contribution < -0.4 is 10.1 Å². The Hall–Kier alpha value is -1.95. The number of furan rings is 1. The zero-order valence-corrected chi connectivity index (χ0v) is 11.7. The summed E-state index contributed by atoms with van der Waals surface area (Å²) >= 11 is 3.37. The van der Waals surface area contributed by atoms with Crippen LogP contribution in [0.2, 0.25) is 0 Å². The minimum atomic E-state index is -1.00. The standard InChI is InChI=1S/C13H12BrNO4/c1-18-10-5-8(14)4-9(6-10)15-7-12-11(13(16)17)2-3-19-12/h2-6,15H,7H2,1H3,(H,16,17). The summed E-state index contributed by atoms with van der Waals surface area (Å²) in [4.78, 5) is 10.9. The molecule has 1 aromatic carbocycles. The van der Waals surface area contributed by atoms with E-state index in [4.69, 9.17) is 14.3 Å². The normalized spacial score (nSPS) is 10.2. The average Bonchev–Trinajstić information content (AvgIpc) is 2.84. The third-order valence-corrected chi connectivity index (χ3v) is 2.99. The van der Waals surface area contributed by atoms with Gasteiger partial charge in [0, 0.05) is 16.2 Å². The Balaban J connectivity index is 2.12. The number of rotatable bonds is 5. The van der Waals surface area contributed by atoms with Gasteiger partial charge in [0.25, 0.3) is 0 Å². The minimum absolute atomic E-state index is 0.162.